The summed E-state index contributed by atoms with van der Waals surface area (Å²) in [4.78, 5) is 28.4. The number of nitrogens with zero attached hydrogens (tertiary/aromatic N) is 1. The van der Waals surface area contributed by atoms with Gasteiger partial charge in [-0.1, -0.05) is 18.2 Å². The molecule has 0 amide bonds. The van der Waals surface area contributed by atoms with Crippen molar-refractivity contribution in [2.45, 2.75) is 13.0 Å². The van der Waals surface area contributed by atoms with Crippen LogP contribution in [0, 0.1) is 10.1 Å². The second-order valence-electron chi connectivity index (χ2n) is 5.65. The molecule has 0 atom stereocenters. The van der Waals surface area contributed by atoms with Gasteiger partial charge in [-0.05, 0) is 36.2 Å². The van der Waals surface area contributed by atoms with E-state index in [-0.39, 0.29) is 12.5 Å². The largest absolute Gasteiger partial charge is 0.473 e. The van der Waals surface area contributed by atoms with Crippen LogP contribution in [0.25, 0.3) is 0 Å². The SMILES string of the molecule is O=C(O)C(=O)O.O=[N+]([O-])c1ccc(CNCCc2ccc3c(c2)OCO3)cc1. The van der Waals surface area contributed by atoms with Crippen molar-refractivity contribution >= 4 is 17.6 Å². The molecule has 3 N–H and O–H groups in total. The van der Waals surface area contributed by atoms with E-state index in [1.165, 1.54) is 17.7 Å². The van der Waals surface area contributed by atoms with Crippen LogP contribution in [-0.2, 0) is 22.6 Å². The Morgan fingerprint density at radius 2 is 1.61 bits per heavy atom. The van der Waals surface area contributed by atoms with E-state index < -0.39 is 16.9 Å². The summed E-state index contributed by atoms with van der Waals surface area (Å²) in [6, 6.07) is 12.5. The van der Waals surface area contributed by atoms with Gasteiger partial charge in [0.1, 0.15) is 0 Å². The summed E-state index contributed by atoms with van der Waals surface area (Å²) in [7, 11) is 0. The number of rotatable bonds is 6. The Morgan fingerprint density at radius 3 is 2.21 bits per heavy atom. The molecule has 0 aromatic heterocycles. The number of nitro benzene ring substituents is 1. The summed E-state index contributed by atoms with van der Waals surface area (Å²) in [5.41, 5.74) is 2.32. The van der Waals surface area contributed by atoms with Crippen molar-refractivity contribution in [2.75, 3.05) is 13.3 Å². The number of nitro groups is 1. The zero-order valence-electron chi connectivity index (χ0n) is 14.7. The first-order valence-corrected chi connectivity index (χ1v) is 8.15. The molecule has 28 heavy (non-hydrogen) atoms. The molecule has 3 rings (SSSR count). The van der Waals surface area contributed by atoms with E-state index in [0.29, 0.717) is 6.54 Å². The van der Waals surface area contributed by atoms with E-state index in [0.717, 1.165) is 30.0 Å². The molecular weight excluding hydrogens is 372 g/mol. The summed E-state index contributed by atoms with van der Waals surface area (Å²) in [6.07, 6.45) is 0.879. The fourth-order valence-electron chi connectivity index (χ4n) is 2.30. The Balaban J connectivity index is 0.000000409. The van der Waals surface area contributed by atoms with Crippen molar-refractivity contribution in [3.05, 3.63) is 63.7 Å². The van der Waals surface area contributed by atoms with Gasteiger partial charge in [0.2, 0.25) is 6.79 Å². The molecule has 2 aromatic carbocycles. The minimum atomic E-state index is -1.82. The summed E-state index contributed by atoms with van der Waals surface area (Å²) in [5.74, 6) is -2.06. The number of hydrogen-bond donors (Lipinski definition) is 3. The molecule has 10 nitrogen and oxygen atoms in total. The van der Waals surface area contributed by atoms with Crippen LogP contribution < -0.4 is 14.8 Å². The predicted molar refractivity (Wildman–Crippen MR) is 96.3 cm³/mol. The lowest BCUT2D eigenvalue weighted by atomic mass is 10.1. The van der Waals surface area contributed by atoms with Crippen molar-refractivity contribution in [2.24, 2.45) is 0 Å². The van der Waals surface area contributed by atoms with Crippen molar-refractivity contribution in [3.8, 4) is 11.5 Å². The first kappa shape index (κ1) is 20.6. The van der Waals surface area contributed by atoms with Gasteiger partial charge in [0.05, 0.1) is 4.92 Å². The molecule has 0 radical (unpaired) electrons. The standard InChI is InChI=1S/C16H16N2O4.C2H2O4/c19-18(20)14-4-1-13(2-5-14)10-17-8-7-12-3-6-15-16(9-12)22-11-21-15;3-1(4)2(5)6/h1-6,9,17H,7-8,10-11H2;(H,3,4)(H,5,6). The van der Waals surface area contributed by atoms with Crippen LogP contribution in [0.5, 0.6) is 11.5 Å². The molecule has 1 aliphatic heterocycles. The zero-order valence-corrected chi connectivity index (χ0v) is 14.7. The van der Waals surface area contributed by atoms with Gasteiger partial charge in [0.25, 0.3) is 5.69 Å². The molecule has 0 fully saturated rings. The molecule has 1 aliphatic rings. The van der Waals surface area contributed by atoms with E-state index in [2.05, 4.69) is 5.32 Å². The summed E-state index contributed by atoms with van der Waals surface area (Å²) in [5, 5.41) is 28.7. The maximum atomic E-state index is 10.6. The number of aliphatic carboxylic acids is 2. The Bertz CT molecular complexity index is 839. The Morgan fingerprint density at radius 1 is 1.00 bits per heavy atom. The lowest BCUT2D eigenvalue weighted by molar-refractivity contribution is -0.384. The minimum absolute atomic E-state index is 0.115. The molecule has 0 saturated carbocycles. The van der Waals surface area contributed by atoms with E-state index in [1.54, 1.807) is 12.1 Å². The van der Waals surface area contributed by atoms with Gasteiger partial charge in [0, 0.05) is 18.7 Å². The average molecular weight is 390 g/mol. The van der Waals surface area contributed by atoms with Gasteiger partial charge in [0.15, 0.2) is 11.5 Å². The van der Waals surface area contributed by atoms with Crippen LogP contribution in [0.4, 0.5) is 5.69 Å². The molecule has 1 heterocycles. The van der Waals surface area contributed by atoms with E-state index in [1.807, 2.05) is 18.2 Å². The number of benzene rings is 2. The van der Waals surface area contributed by atoms with Crippen LogP contribution >= 0.6 is 0 Å². The van der Waals surface area contributed by atoms with E-state index in [4.69, 9.17) is 29.3 Å². The number of carboxylic acids is 2. The summed E-state index contributed by atoms with van der Waals surface area (Å²) < 4.78 is 10.6. The molecule has 2 aromatic rings. The number of carboxylic acid groups (broad SMARTS) is 2. The second kappa shape index (κ2) is 9.88. The first-order valence-electron chi connectivity index (χ1n) is 8.15. The monoisotopic (exact) mass is 390 g/mol. The van der Waals surface area contributed by atoms with Gasteiger partial charge < -0.3 is 25.0 Å². The maximum Gasteiger partial charge on any atom is 0.414 e. The minimum Gasteiger partial charge on any atom is -0.473 e. The lowest BCUT2D eigenvalue weighted by Gasteiger charge is -2.06. The third kappa shape index (κ3) is 6.25. The van der Waals surface area contributed by atoms with Gasteiger partial charge in [-0.25, -0.2) is 9.59 Å². The summed E-state index contributed by atoms with van der Waals surface area (Å²) >= 11 is 0. The Labute approximate surface area is 159 Å². The lowest BCUT2D eigenvalue weighted by Crippen LogP contribution is -2.16. The number of carbonyl (C=O) groups is 2. The molecular formula is C18H18N2O8. The zero-order chi connectivity index (χ0) is 20.5. The van der Waals surface area contributed by atoms with Crippen LogP contribution in [0.2, 0.25) is 0 Å². The van der Waals surface area contributed by atoms with Crippen molar-refractivity contribution < 1.29 is 34.2 Å². The van der Waals surface area contributed by atoms with E-state index in [9.17, 15) is 10.1 Å². The molecule has 0 unspecified atom stereocenters. The Hall–Kier alpha value is -3.66. The number of hydrogen-bond acceptors (Lipinski definition) is 7. The Kier molecular flexibility index (Phi) is 7.28. The van der Waals surface area contributed by atoms with E-state index >= 15 is 0 Å². The van der Waals surface area contributed by atoms with Crippen molar-refractivity contribution in [1.29, 1.82) is 0 Å². The average Bonchev–Trinajstić information content (AvgIpc) is 3.14. The normalized spacial score (nSPS) is 11.3. The number of fused-ring (bicyclic) bond motifs is 1. The third-order valence-corrected chi connectivity index (χ3v) is 3.69. The fourth-order valence-corrected chi connectivity index (χ4v) is 2.30. The van der Waals surface area contributed by atoms with Crippen LogP contribution in [0.3, 0.4) is 0 Å². The fraction of sp³-hybridized carbons (Fsp3) is 0.222. The predicted octanol–water partition coefficient (Wildman–Crippen LogP) is 1.81. The number of non-ortho nitro benzene ring substituents is 1. The topological polar surface area (TPSA) is 148 Å². The maximum absolute atomic E-state index is 10.6. The highest BCUT2D eigenvalue weighted by molar-refractivity contribution is 6.27. The third-order valence-electron chi connectivity index (χ3n) is 3.69. The molecule has 0 saturated heterocycles. The molecule has 148 valence electrons. The number of nitrogens with one attached hydrogen (secondary N) is 1. The van der Waals surface area contributed by atoms with Crippen molar-refractivity contribution in [3.63, 3.8) is 0 Å². The molecule has 0 aliphatic carbocycles. The van der Waals surface area contributed by atoms with Crippen LogP contribution in [0.1, 0.15) is 11.1 Å². The van der Waals surface area contributed by atoms with Crippen LogP contribution in [-0.4, -0.2) is 40.4 Å². The van der Waals surface area contributed by atoms with Crippen molar-refractivity contribution in [1.82, 2.24) is 5.32 Å². The highest BCUT2D eigenvalue weighted by Crippen LogP contribution is 2.32. The second-order valence-corrected chi connectivity index (χ2v) is 5.65. The van der Waals surface area contributed by atoms with Gasteiger partial charge in [-0.2, -0.15) is 0 Å². The molecule has 0 spiro atoms. The number of ether oxygens (including phenoxy) is 2. The quantitative estimate of drug-likeness (QED) is 0.290. The van der Waals surface area contributed by atoms with Gasteiger partial charge in [-0.3, -0.25) is 10.1 Å². The first-order chi connectivity index (χ1) is 13.4. The van der Waals surface area contributed by atoms with Gasteiger partial charge in [-0.15, -0.1) is 0 Å². The van der Waals surface area contributed by atoms with Crippen LogP contribution in [0.15, 0.2) is 42.5 Å². The molecule has 0 bridgehead atoms. The highest BCUT2D eigenvalue weighted by atomic mass is 16.7. The molecule has 10 heteroatoms. The smallest absolute Gasteiger partial charge is 0.414 e. The van der Waals surface area contributed by atoms with Gasteiger partial charge >= 0.3 is 11.9 Å². The highest BCUT2D eigenvalue weighted by Gasteiger charge is 2.12. The summed E-state index contributed by atoms with van der Waals surface area (Å²) in [6.45, 7) is 1.79.